The normalized spacial score (nSPS) is 18.4. The third-order valence-electron chi connectivity index (χ3n) is 4.51. The van der Waals surface area contributed by atoms with Gasteiger partial charge in [-0.25, -0.2) is 0 Å². The number of carbonyl (C=O) groups is 2. The van der Waals surface area contributed by atoms with Crippen molar-refractivity contribution in [2.75, 3.05) is 0 Å². The van der Waals surface area contributed by atoms with E-state index in [4.69, 9.17) is 11.5 Å². The zero-order valence-corrected chi connectivity index (χ0v) is 17.0. The van der Waals surface area contributed by atoms with Crippen LogP contribution in [-0.2, 0) is 9.59 Å². The van der Waals surface area contributed by atoms with Crippen molar-refractivity contribution in [3.63, 3.8) is 0 Å². The predicted molar refractivity (Wildman–Crippen MR) is 115 cm³/mol. The van der Waals surface area contributed by atoms with Crippen molar-refractivity contribution in [3.05, 3.63) is 71.8 Å². The first-order chi connectivity index (χ1) is 13.3. The van der Waals surface area contributed by atoms with Crippen LogP contribution in [-0.4, -0.2) is 17.4 Å². The van der Waals surface area contributed by atoms with Crippen LogP contribution in [0.25, 0.3) is 0 Å². The fourth-order valence-corrected chi connectivity index (χ4v) is 2.64. The van der Waals surface area contributed by atoms with Crippen molar-refractivity contribution in [2.24, 2.45) is 11.5 Å². The average molecular weight is 385 g/mol. The molecule has 0 aromatic rings. The Morgan fingerprint density at radius 3 is 2.32 bits per heavy atom. The summed E-state index contributed by atoms with van der Waals surface area (Å²) in [7, 11) is 0. The third-order valence-corrected chi connectivity index (χ3v) is 4.51. The highest BCUT2D eigenvalue weighted by molar-refractivity contribution is 5.97. The molecule has 1 aliphatic carbocycles. The van der Waals surface area contributed by atoms with E-state index < -0.39 is 5.54 Å². The maximum Gasteiger partial charge on any atom is 0.255 e. The van der Waals surface area contributed by atoms with Gasteiger partial charge < -0.3 is 22.1 Å². The van der Waals surface area contributed by atoms with Crippen LogP contribution < -0.4 is 22.1 Å². The summed E-state index contributed by atoms with van der Waals surface area (Å²) in [4.78, 5) is 24.5. The summed E-state index contributed by atoms with van der Waals surface area (Å²) in [6.45, 7) is 5.71. The number of allylic oxidation sites excluding steroid dienone is 7. The van der Waals surface area contributed by atoms with Gasteiger partial charge in [0.25, 0.3) is 5.91 Å². The summed E-state index contributed by atoms with van der Waals surface area (Å²) in [6.07, 6.45) is 18.5. The maximum atomic E-state index is 12.3. The molecule has 1 fully saturated rings. The van der Waals surface area contributed by atoms with E-state index in [0.717, 1.165) is 18.4 Å². The van der Waals surface area contributed by atoms with Gasteiger partial charge in [0.15, 0.2) is 0 Å². The third kappa shape index (κ3) is 7.80. The Morgan fingerprint density at radius 1 is 1.04 bits per heavy atom. The molecule has 0 aliphatic heterocycles. The molecule has 1 rings (SSSR count). The molecule has 0 atom stereocenters. The van der Waals surface area contributed by atoms with E-state index in [0.29, 0.717) is 24.1 Å². The number of hydrogen-bond donors (Lipinski definition) is 4. The van der Waals surface area contributed by atoms with Crippen LogP contribution in [0.15, 0.2) is 71.8 Å². The molecule has 0 saturated heterocycles. The average Bonchev–Trinajstić information content (AvgIpc) is 3.14. The summed E-state index contributed by atoms with van der Waals surface area (Å²) >= 11 is 0. The smallest absolute Gasteiger partial charge is 0.255 e. The largest absolute Gasteiger partial charge is 0.398 e. The molecule has 6 heteroatoms. The molecule has 152 valence electrons. The maximum absolute atomic E-state index is 12.3. The van der Waals surface area contributed by atoms with E-state index in [9.17, 15) is 9.59 Å². The molecular weight excluding hydrogens is 352 g/mol. The SMILES string of the molecule is C\C=C/C(=C\C=C\NC(=O)C1(N)CCCC1)C(=O)N/C=C(N)/C=C\C(C)=C/C. The van der Waals surface area contributed by atoms with Crippen molar-refractivity contribution in [1.82, 2.24) is 10.6 Å². The molecule has 0 heterocycles. The molecular formula is C22H32N4O2. The number of hydrogen-bond acceptors (Lipinski definition) is 4. The Kier molecular flexibility index (Phi) is 9.74. The van der Waals surface area contributed by atoms with E-state index in [-0.39, 0.29) is 11.8 Å². The second-order valence-corrected chi connectivity index (χ2v) is 6.80. The number of nitrogens with two attached hydrogens (primary N) is 2. The fourth-order valence-electron chi connectivity index (χ4n) is 2.64. The molecule has 0 aromatic heterocycles. The monoisotopic (exact) mass is 384 g/mol. The van der Waals surface area contributed by atoms with Crippen molar-refractivity contribution >= 4 is 11.8 Å². The lowest BCUT2D eigenvalue weighted by atomic mass is 9.98. The summed E-state index contributed by atoms with van der Waals surface area (Å²) in [6, 6.07) is 0. The van der Waals surface area contributed by atoms with Gasteiger partial charge in [-0.2, -0.15) is 0 Å². The first kappa shape index (κ1) is 23.2. The van der Waals surface area contributed by atoms with Crippen LogP contribution in [0.5, 0.6) is 0 Å². The predicted octanol–water partition coefficient (Wildman–Crippen LogP) is 2.83. The zero-order chi connectivity index (χ0) is 21.0. The van der Waals surface area contributed by atoms with E-state index >= 15 is 0 Å². The first-order valence-electron chi connectivity index (χ1n) is 9.49. The minimum atomic E-state index is -0.779. The van der Waals surface area contributed by atoms with E-state index in [2.05, 4.69) is 10.6 Å². The lowest BCUT2D eigenvalue weighted by Crippen LogP contribution is -2.50. The molecule has 0 spiro atoms. The van der Waals surface area contributed by atoms with Crippen LogP contribution >= 0.6 is 0 Å². The quantitative estimate of drug-likeness (QED) is 0.381. The van der Waals surface area contributed by atoms with E-state index in [1.807, 2.05) is 32.9 Å². The standard InChI is InChI=1S/C22H32N4O2/c1-4-9-18(20(27)26-16-19(23)12-11-17(3)5-2)10-8-15-25-21(28)22(24)13-6-7-14-22/h4-5,8-12,15-16H,6-7,13-14,23-24H2,1-3H3,(H,25,28)(H,26,27)/b9-4-,12-11-,15-8+,17-5-,18-10+,19-16-. The first-order valence-corrected chi connectivity index (χ1v) is 9.49. The van der Waals surface area contributed by atoms with Gasteiger partial charge in [-0.15, -0.1) is 0 Å². The highest BCUT2D eigenvalue weighted by atomic mass is 16.2. The van der Waals surface area contributed by atoms with Crippen LogP contribution in [0.2, 0.25) is 0 Å². The number of nitrogens with one attached hydrogen (secondary N) is 2. The molecule has 28 heavy (non-hydrogen) atoms. The minimum Gasteiger partial charge on any atom is -0.398 e. The van der Waals surface area contributed by atoms with Crippen LogP contribution in [0.3, 0.4) is 0 Å². The Bertz CT molecular complexity index is 734. The Hall–Kier alpha value is -2.86. The van der Waals surface area contributed by atoms with Gasteiger partial charge >= 0.3 is 0 Å². The molecule has 0 aromatic carbocycles. The molecule has 0 radical (unpaired) electrons. The van der Waals surface area contributed by atoms with Gasteiger partial charge in [-0.1, -0.05) is 42.7 Å². The highest BCUT2D eigenvalue weighted by Gasteiger charge is 2.36. The number of rotatable bonds is 8. The van der Waals surface area contributed by atoms with E-state index in [1.54, 1.807) is 30.4 Å². The van der Waals surface area contributed by atoms with Gasteiger partial charge in [0.1, 0.15) is 0 Å². The highest BCUT2D eigenvalue weighted by Crippen LogP contribution is 2.27. The summed E-state index contributed by atoms with van der Waals surface area (Å²) < 4.78 is 0. The summed E-state index contributed by atoms with van der Waals surface area (Å²) in [5.41, 5.74) is 13.1. The second kappa shape index (κ2) is 11.8. The molecule has 1 aliphatic rings. The Labute approximate surface area is 167 Å². The molecule has 0 unspecified atom stereocenters. The van der Waals surface area contributed by atoms with Gasteiger partial charge in [-0.3, -0.25) is 9.59 Å². The van der Waals surface area contributed by atoms with Gasteiger partial charge in [-0.05, 0) is 51.8 Å². The van der Waals surface area contributed by atoms with Gasteiger partial charge in [0, 0.05) is 23.7 Å². The molecule has 0 bridgehead atoms. The summed E-state index contributed by atoms with van der Waals surface area (Å²) in [5.74, 6) is -0.495. The van der Waals surface area contributed by atoms with Crippen molar-refractivity contribution in [3.8, 4) is 0 Å². The lowest BCUT2D eigenvalue weighted by molar-refractivity contribution is -0.125. The lowest BCUT2D eigenvalue weighted by Gasteiger charge is -2.20. The number of amides is 2. The van der Waals surface area contributed by atoms with Crippen molar-refractivity contribution < 1.29 is 9.59 Å². The minimum absolute atomic E-state index is 0.189. The zero-order valence-electron chi connectivity index (χ0n) is 17.0. The Balaban J connectivity index is 2.68. The molecule has 6 N–H and O–H groups in total. The fraction of sp³-hybridized carbons (Fsp3) is 0.364. The molecule has 1 saturated carbocycles. The van der Waals surface area contributed by atoms with Crippen LogP contribution in [0, 0.1) is 0 Å². The molecule has 2 amide bonds. The topological polar surface area (TPSA) is 110 Å². The van der Waals surface area contributed by atoms with Crippen molar-refractivity contribution in [2.45, 2.75) is 52.0 Å². The van der Waals surface area contributed by atoms with Gasteiger partial charge in [0.2, 0.25) is 5.91 Å². The number of carbonyl (C=O) groups excluding carboxylic acids is 2. The molecule has 6 nitrogen and oxygen atoms in total. The van der Waals surface area contributed by atoms with Crippen LogP contribution in [0.4, 0.5) is 0 Å². The Morgan fingerprint density at radius 2 is 1.71 bits per heavy atom. The second-order valence-electron chi connectivity index (χ2n) is 6.80. The van der Waals surface area contributed by atoms with Crippen molar-refractivity contribution in [1.29, 1.82) is 0 Å². The van der Waals surface area contributed by atoms with Gasteiger partial charge in [0.05, 0.1) is 5.54 Å². The summed E-state index contributed by atoms with van der Waals surface area (Å²) in [5, 5.41) is 5.35. The van der Waals surface area contributed by atoms with Crippen LogP contribution in [0.1, 0.15) is 46.5 Å². The van der Waals surface area contributed by atoms with E-state index in [1.165, 1.54) is 12.4 Å².